The number of nitrogens with one attached hydrogen (secondary N) is 2. The van der Waals surface area contributed by atoms with Gasteiger partial charge in [-0.05, 0) is 124 Å². The summed E-state index contributed by atoms with van der Waals surface area (Å²) in [6.45, 7) is 12.2. The number of aryl methyl sites for hydroxylation is 2. The number of allylic oxidation sites excluding steroid dienone is 4. The summed E-state index contributed by atoms with van der Waals surface area (Å²) >= 11 is 6.32. The number of aromatic amines is 2. The zero-order valence-electron chi connectivity index (χ0n) is 30.7. The summed E-state index contributed by atoms with van der Waals surface area (Å²) in [6, 6.07) is 0. The molecule has 0 spiro atoms. The van der Waals surface area contributed by atoms with E-state index in [4.69, 9.17) is 35.8 Å². The van der Waals surface area contributed by atoms with Gasteiger partial charge in [-0.1, -0.05) is 0 Å². The fourth-order valence-electron chi connectivity index (χ4n) is 6.56. The number of methoxy groups -OCH3 is 3. The van der Waals surface area contributed by atoms with Crippen LogP contribution in [0.5, 0.6) is 0 Å². The predicted octanol–water partition coefficient (Wildman–Crippen LogP) is 7.68. The Hall–Kier alpha value is -4.44. The Morgan fingerprint density at radius 2 is 1.08 bits per heavy atom. The number of carbonyl (C=O) groups is 3. The first-order chi connectivity index (χ1) is 23.8. The summed E-state index contributed by atoms with van der Waals surface area (Å²) in [7, 11) is 4.19. The van der Waals surface area contributed by atoms with Crippen LogP contribution in [0.1, 0.15) is 97.4 Å². The van der Waals surface area contributed by atoms with Gasteiger partial charge in [0.25, 0.3) is 0 Å². The number of rotatable bonds is 15. The fraction of sp³-hybridized carbons (Fsp3) is 0.462. The molecule has 2 N–H and O–H groups in total. The number of aromatic nitrogens is 2. The molecule has 2 aliphatic rings. The summed E-state index contributed by atoms with van der Waals surface area (Å²) in [5.41, 5.74) is 15.7. The third-order valence-corrected chi connectivity index (χ3v) is 10.1. The molecular weight excluding hydrogens is 656 g/mol. The van der Waals surface area contributed by atoms with Gasteiger partial charge in [-0.2, -0.15) is 0 Å². The molecule has 2 aromatic heterocycles. The largest absolute Gasteiger partial charge is 0.469 e. The highest BCUT2D eigenvalue weighted by Crippen LogP contribution is 2.37. The van der Waals surface area contributed by atoms with Crippen molar-refractivity contribution in [1.29, 1.82) is 0 Å². The molecule has 0 atom stereocenters. The minimum atomic E-state index is -0.290. The van der Waals surface area contributed by atoms with Gasteiger partial charge < -0.3 is 24.2 Å². The van der Waals surface area contributed by atoms with E-state index in [0.717, 1.165) is 90.1 Å². The molecule has 0 saturated heterocycles. The van der Waals surface area contributed by atoms with Gasteiger partial charge in [-0.3, -0.25) is 24.4 Å². The number of carbonyl (C=O) groups excluding carboxylic acids is 3. The lowest BCUT2D eigenvalue weighted by atomic mass is 9.94. The van der Waals surface area contributed by atoms with Crippen LogP contribution in [0, 0.1) is 27.7 Å². The SMILES string of the molecule is COC(=O)CCC1=C(C)C(CC2=N/C(=C/c3[nH]c(C)c(C)c3CCC(=O)OC)C(C)=C2CCCl)=N/C1=C\c1[nH]c(C)c(C)c1CCC(=O)OC. The van der Waals surface area contributed by atoms with Crippen LogP contribution in [0.2, 0.25) is 0 Å². The molecule has 2 aromatic rings. The van der Waals surface area contributed by atoms with Crippen LogP contribution in [0.25, 0.3) is 12.2 Å². The average Bonchev–Trinajstić information content (AvgIpc) is 3.74. The summed E-state index contributed by atoms with van der Waals surface area (Å²) in [6.07, 6.45) is 7.55. The molecule has 10 nitrogen and oxygen atoms in total. The number of esters is 3. The van der Waals surface area contributed by atoms with Gasteiger partial charge in [0.1, 0.15) is 0 Å². The number of nitrogens with zero attached hydrogens (tertiary/aromatic N) is 2. The normalized spacial score (nSPS) is 16.1. The Morgan fingerprint density at radius 3 is 1.56 bits per heavy atom. The molecule has 0 unspecified atom stereocenters. The molecule has 50 heavy (non-hydrogen) atoms. The van der Waals surface area contributed by atoms with E-state index in [2.05, 4.69) is 29.9 Å². The number of hydrogen-bond acceptors (Lipinski definition) is 8. The summed E-state index contributed by atoms with van der Waals surface area (Å²) < 4.78 is 14.7. The molecule has 4 rings (SSSR count). The topological polar surface area (TPSA) is 135 Å². The quantitative estimate of drug-likeness (QED) is 0.111. The highest BCUT2D eigenvalue weighted by atomic mass is 35.5. The highest BCUT2D eigenvalue weighted by molar-refractivity contribution is 6.22. The second-order valence-electron chi connectivity index (χ2n) is 12.8. The van der Waals surface area contributed by atoms with Crippen LogP contribution in [0.15, 0.2) is 43.7 Å². The maximum Gasteiger partial charge on any atom is 0.305 e. The molecule has 0 saturated carbocycles. The Bertz CT molecular complexity index is 1860. The molecular formula is C39H49ClN4O6. The maximum atomic E-state index is 12.2. The number of aliphatic imine (C=N–C) groups is 2. The van der Waals surface area contributed by atoms with Gasteiger partial charge in [0.2, 0.25) is 0 Å². The first kappa shape index (κ1) is 38.4. The monoisotopic (exact) mass is 704 g/mol. The first-order valence-electron chi connectivity index (χ1n) is 16.9. The van der Waals surface area contributed by atoms with E-state index in [0.29, 0.717) is 44.4 Å². The van der Waals surface area contributed by atoms with Crippen LogP contribution in [0.4, 0.5) is 0 Å². The minimum Gasteiger partial charge on any atom is -0.469 e. The smallest absolute Gasteiger partial charge is 0.305 e. The molecule has 268 valence electrons. The van der Waals surface area contributed by atoms with Crippen molar-refractivity contribution >= 4 is 53.1 Å². The third-order valence-electron chi connectivity index (χ3n) is 9.88. The number of hydrogen-bond donors (Lipinski definition) is 2. The van der Waals surface area contributed by atoms with Gasteiger partial charge in [0.05, 0.1) is 44.1 Å². The summed E-state index contributed by atoms with van der Waals surface area (Å²) in [5, 5.41) is 0. The van der Waals surface area contributed by atoms with Gasteiger partial charge in [-0.25, -0.2) is 0 Å². The van der Waals surface area contributed by atoms with Crippen molar-refractivity contribution in [3.05, 3.63) is 78.7 Å². The average molecular weight is 705 g/mol. The summed E-state index contributed by atoms with van der Waals surface area (Å²) in [4.78, 5) is 53.4. The molecule has 4 heterocycles. The lowest BCUT2D eigenvalue weighted by molar-refractivity contribution is -0.141. The Kier molecular flexibility index (Phi) is 13.0. The molecule has 2 aliphatic heterocycles. The predicted molar refractivity (Wildman–Crippen MR) is 199 cm³/mol. The standard InChI is InChI=1S/C39H49ClN4O6/c1-21-25(5)41-33(27(21)10-13-37(45)48-7)18-31-24(4)30(16-17-40)35(43-31)19-32-23(3)29(12-15-39(47)50-9)36(44-32)20-34-28(11-14-38(46)49-8)22(2)26(6)42-34/h18,20,41-42H,10-17,19H2,1-9H3/b31-18+,36-20-. The van der Waals surface area contributed by atoms with Crippen LogP contribution in [-0.4, -0.2) is 66.5 Å². The van der Waals surface area contributed by atoms with Crippen molar-refractivity contribution in [3.8, 4) is 0 Å². The van der Waals surface area contributed by atoms with E-state index in [1.165, 1.54) is 21.3 Å². The van der Waals surface area contributed by atoms with Crippen molar-refractivity contribution in [2.45, 2.75) is 92.9 Å². The van der Waals surface area contributed by atoms with E-state index in [9.17, 15) is 14.4 Å². The van der Waals surface area contributed by atoms with Gasteiger partial charge in [-0.15, -0.1) is 11.6 Å². The van der Waals surface area contributed by atoms with E-state index in [-0.39, 0.29) is 30.7 Å². The van der Waals surface area contributed by atoms with Gasteiger partial charge >= 0.3 is 17.9 Å². The van der Waals surface area contributed by atoms with E-state index < -0.39 is 0 Å². The number of alkyl halides is 1. The highest BCUT2D eigenvalue weighted by Gasteiger charge is 2.28. The third kappa shape index (κ3) is 8.64. The van der Waals surface area contributed by atoms with Crippen molar-refractivity contribution in [2.24, 2.45) is 9.98 Å². The van der Waals surface area contributed by atoms with Crippen LogP contribution in [-0.2, 0) is 41.4 Å². The molecule has 11 heteroatoms. The molecule has 0 bridgehead atoms. The maximum absolute atomic E-state index is 12.2. The number of ether oxygens (including phenoxy) is 3. The minimum absolute atomic E-state index is 0.221. The van der Waals surface area contributed by atoms with E-state index >= 15 is 0 Å². The molecule has 0 fully saturated rings. The molecule has 0 aliphatic carbocycles. The van der Waals surface area contributed by atoms with E-state index in [1.54, 1.807) is 0 Å². The molecule has 0 amide bonds. The van der Waals surface area contributed by atoms with Crippen LogP contribution < -0.4 is 0 Å². The zero-order chi connectivity index (χ0) is 36.7. The Labute approximate surface area is 299 Å². The zero-order valence-corrected chi connectivity index (χ0v) is 31.5. The Morgan fingerprint density at radius 1 is 0.620 bits per heavy atom. The van der Waals surface area contributed by atoms with Crippen LogP contribution in [0.3, 0.4) is 0 Å². The van der Waals surface area contributed by atoms with Crippen molar-refractivity contribution in [2.75, 3.05) is 27.2 Å². The Balaban J connectivity index is 1.75. The van der Waals surface area contributed by atoms with Crippen LogP contribution >= 0.6 is 11.6 Å². The van der Waals surface area contributed by atoms with Crippen molar-refractivity contribution in [1.82, 2.24) is 9.97 Å². The first-order valence-corrected chi connectivity index (χ1v) is 17.5. The molecule has 0 aromatic carbocycles. The van der Waals surface area contributed by atoms with Gasteiger partial charge in [0, 0.05) is 54.3 Å². The lowest BCUT2D eigenvalue weighted by Gasteiger charge is -2.08. The second-order valence-corrected chi connectivity index (χ2v) is 13.1. The van der Waals surface area contributed by atoms with Crippen molar-refractivity contribution < 1.29 is 28.6 Å². The van der Waals surface area contributed by atoms with Gasteiger partial charge in [0.15, 0.2) is 0 Å². The van der Waals surface area contributed by atoms with E-state index in [1.807, 2.05) is 33.8 Å². The summed E-state index contributed by atoms with van der Waals surface area (Å²) in [5.74, 6) is -0.358. The second kappa shape index (κ2) is 17.0. The molecule has 0 radical (unpaired) electrons. The number of H-pyrrole nitrogens is 2. The van der Waals surface area contributed by atoms with Crippen molar-refractivity contribution in [3.63, 3.8) is 0 Å². The number of halogens is 1. The fourth-order valence-corrected chi connectivity index (χ4v) is 6.75. The lowest BCUT2D eigenvalue weighted by Crippen LogP contribution is -2.10.